The molecule has 0 unspecified atom stereocenters. The highest BCUT2D eigenvalue weighted by atomic mass is 16.6. The number of aromatic carboxylic acids is 2. The molecule has 2 aromatic rings. The van der Waals surface area contributed by atoms with Crippen LogP contribution in [-0.4, -0.2) is 22.2 Å². The van der Waals surface area contributed by atoms with Crippen molar-refractivity contribution in [2.45, 2.75) is 0 Å². The molecule has 2 rings (SSSR count). The van der Waals surface area contributed by atoms with E-state index in [1.54, 1.807) is 0 Å². The molecule has 0 fully saturated rings. The summed E-state index contributed by atoms with van der Waals surface area (Å²) in [5.74, 6) is -2.08. The maximum atomic E-state index is 10.6. The molecule has 2 N–H and O–H groups in total. The fourth-order valence-corrected chi connectivity index (χ4v) is 1.27. The summed E-state index contributed by atoms with van der Waals surface area (Å²) in [5.41, 5.74) is 0.132. The van der Waals surface area contributed by atoms with Gasteiger partial charge in [-0.3, -0.25) is 0 Å². The van der Waals surface area contributed by atoms with Gasteiger partial charge in [0.2, 0.25) is 5.76 Å². The molecule has 0 spiro atoms. The third-order valence-electron chi connectivity index (χ3n) is 2.11. The summed E-state index contributed by atoms with van der Waals surface area (Å²) < 4.78 is 10.1. The Morgan fingerprint density at radius 3 is 2.11 bits per heavy atom. The van der Waals surface area contributed by atoms with Crippen molar-refractivity contribution in [2.75, 3.05) is 0 Å². The van der Waals surface area contributed by atoms with Crippen LogP contribution in [0.3, 0.4) is 0 Å². The van der Waals surface area contributed by atoms with Gasteiger partial charge >= 0.3 is 11.9 Å². The minimum absolute atomic E-state index is 0.0236. The third-order valence-corrected chi connectivity index (χ3v) is 2.11. The largest absolute Gasteiger partial charge is 0.478 e. The molecule has 0 aliphatic carbocycles. The van der Waals surface area contributed by atoms with Crippen LogP contribution in [-0.2, 0) is 0 Å². The summed E-state index contributed by atoms with van der Waals surface area (Å²) >= 11 is 0. The van der Waals surface area contributed by atoms with E-state index in [9.17, 15) is 9.59 Å². The van der Waals surface area contributed by atoms with Crippen LogP contribution >= 0.6 is 0 Å². The van der Waals surface area contributed by atoms with Gasteiger partial charge in [-0.1, -0.05) is 0 Å². The van der Waals surface area contributed by atoms with Gasteiger partial charge in [0.05, 0.1) is 5.56 Å². The fourth-order valence-electron chi connectivity index (χ4n) is 1.27. The predicted octanol–water partition coefficient (Wildman–Crippen LogP) is 2.47. The Kier molecular flexibility index (Phi) is 3.01. The zero-order valence-corrected chi connectivity index (χ0v) is 8.99. The van der Waals surface area contributed by atoms with E-state index in [-0.39, 0.29) is 17.3 Å². The van der Waals surface area contributed by atoms with Crippen molar-refractivity contribution in [3.63, 3.8) is 0 Å². The van der Waals surface area contributed by atoms with Crippen molar-refractivity contribution < 1.29 is 29.0 Å². The molecule has 6 nitrogen and oxygen atoms in total. The number of furan rings is 1. The number of benzene rings is 1. The lowest BCUT2D eigenvalue weighted by Gasteiger charge is -2.01. The summed E-state index contributed by atoms with van der Waals surface area (Å²) in [6.45, 7) is 0. The maximum absolute atomic E-state index is 10.6. The second-order valence-corrected chi connectivity index (χ2v) is 3.36. The lowest BCUT2D eigenvalue weighted by Crippen LogP contribution is -1.95. The summed E-state index contributed by atoms with van der Waals surface area (Å²) in [6, 6.07) is 8.29. The molecule has 18 heavy (non-hydrogen) atoms. The van der Waals surface area contributed by atoms with E-state index in [1.807, 2.05) is 0 Å². The Balaban J connectivity index is 2.13. The molecule has 92 valence electrons. The van der Waals surface area contributed by atoms with E-state index in [2.05, 4.69) is 0 Å². The maximum Gasteiger partial charge on any atom is 0.371 e. The van der Waals surface area contributed by atoms with Crippen LogP contribution in [0.2, 0.25) is 0 Å². The molecular weight excluding hydrogens is 240 g/mol. The Hall–Kier alpha value is -2.76. The molecule has 1 heterocycles. The van der Waals surface area contributed by atoms with Gasteiger partial charge in [-0.05, 0) is 30.3 Å². The van der Waals surface area contributed by atoms with Crippen molar-refractivity contribution in [1.82, 2.24) is 0 Å². The second kappa shape index (κ2) is 4.62. The molecule has 0 saturated heterocycles. The van der Waals surface area contributed by atoms with Crippen LogP contribution in [0, 0.1) is 0 Å². The molecular formula is C12H8O6. The Morgan fingerprint density at radius 1 is 0.944 bits per heavy atom. The van der Waals surface area contributed by atoms with Crippen LogP contribution in [0.4, 0.5) is 0 Å². The number of hydrogen-bond acceptors (Lipinski definition) is 4. The number of carbonyl (C=O) groups is 2. The van der Waals surface area contributed by atoms with Crippen LogP contribution < -0.4 is 4.74 Å². The predicted molar refractivity (Wildman–Crippen MR) is 59.1 cm³/mol. The quantitative estimate of drug-likeness (QED) is 0.862. The van der Waals surface area contributed by atoms with Crippen LogP contribution in [0.5, 0.6) is 11.7 Å². The Labute approximate surface area is 101 Å². The first-order valence-corrected chi connectivity index (χ1v) is 4.90. The number of carboxylic acid groups (broad SMARTS) is 2. The SMILES string of the molecule is O=C(O)c1ccc(Oc2ccc(C(=O)O)o2)cc1. The number of hydrogen-bond donors (Lipinski definition) is 2. The highest BCUT2D eigenvalue weighted by molar-refractivity contribution is 5.87. The molecule has 6 heteroatoms. The lowest BCUT2D eigenvalue weighted by atomic mass is 10.2. The van der Waals surface area contributed by atoms with E-state index in [1.165, 1.54) is 36.4 Å². The monoisotopic (exact) mass is 248 g/mol. The topological polar surface area (TPSA) is 97.0 Å². The van der Waals surface area contributed by atoms with E-state index in [0.29, 0.717) is 5.75 Å². The number of ether oxygens (including phenoxy) is 1. The zero-order chi connectivity index (χ0) is 13.1. The first-order valence-electron chi connectivity index (χ1n) is 4.90. The highest BCUT2D eigenvalue weighted by Gasteiger charge is 2.10. The molecule has 0 radical (unpaired) electrons. The highest BCUT2D eigenvalue weighted by Crippen LogP contribution is 2.24. The van der Waals surface area contributed by atoms with Gasteiger partial charge in [0.1, 0.15) is 5.75 Å². The standard InChI is InChI=1S/C12H8O6/c13-11(14)7-1-3-8(4-2-7)17-10-6-5-9(18-10)12(15)16/h1-6H,(H,13,14)(H,15,16). The summed E-state index contributed by atoms with van der Waals surface area (Å²) in [5, 5.41) is 17.4. The van der Waals surface area contributed by atoms with Crippen molar-refractivity contribution in [1.29, 1.82) is 0 Å². The molecule has 0 atom stereocenters. The smallest absolute Gasteiger partial charge is 0.371 e. The average Bonchev–Trinajstić information content (AvgIpc) is 2.78. The van der Waals surface area contributed by atoms with Crippen molar-refractivity contribution in [3.8, 4) is 11.7 Å². The number of carboxylic acids is 2. The summed E-state index contributed by atoms with van der Waals surface area (Å²) in [6.07, 6.45) is 0. The first kappa shape index (κ1) is 11.7. The normalized spacial score (nSPS) is 10.0. The van der Waals surface area contributed by atoms with Crippen LogP contribution in [0.1, 0.15) is 20.9 Å². The van der Waals surface area contributed by atoms with Gasteiger partial charge in [-0.2, -0.15) is 0 Å². The lowest BCUT2D eigenvalue weighted by molar-refractivity contribution is 0.0654. The molecule has 0 aliphatic heterocycles. The Bertz CT molecular complexity index is 581. The molecule has 0 amide bonds. The van der Waals surface area contributed by atoms with E-state index in [0.717, 1.165) is 0 Å². The van der Waals surface area contributed by atoms with Crippen LogP contribution in [0.25, 0.3) is 0 Å². The van der Waals surface area contributed by atoms with Gasteiger partial charge < -0.3 is 19.4 Å². The van der Waals surface area contributed by atoms with E-state index in [4.69, 9.17) is 19.4 Å². The molecule has 0 bridgehead atoms. The third kappa shape index (κ3) is 2.49. The summed E-state index contributed by atoms with van der Waals surface area (Å²) in [7, 11) is 0. The van der Waals surface area contributed by atoms with E-state index < -0.39 is 11.9 Å². The zero-order valence-electron chi connectivity index (χ0n) is 8.99. The fraction of sp³-hybridized carbons (Fsp3) is 0. The van der Waals surface area contributed by atoms with Gasteiger partial charge in [-0.25, -0.2) is 9.59 Å². The minimum atomic E-state index is -1.19. The molecule has 1 aromatic heterocycles. The first-order chi connectivity index (χ1) is 8.56. The molecule has 0 saturated carbocycles. The van der Waals surface area contributed by atoms with Gasteiger partial charge in [0, 0.05) is 6.07 Å². The molecule has 0 aliphatic rings. The van der Waals surface area contributed by atoms with Crippen molar-refractivity contribution in [3.05, 3.63) is 47.7 Å². The van der Waals surface area contributed by atoms with Crippen molar-refractivity contribution >= 4 is 11.9 Å². The van der Waals surface area contributed by atoms with E-state index >= 15 is 0 Å². The number of rotatable bonds is 4. The van der Waals surface area contributed by atoms with Gasteiger partial charge in [0.15, 0.2) is 0 Å². The van der Waals surface area contributed by atoms with Crippen molar-refractivity contribution in [2.24, 2.45) is 0 Å². The van der Waals surface area contributed by atoms with Gasteiger partial charge in [-0.15, -0.1) is 0 Å². The average molecular weight is 248 g/mol. The summed E-state index contributed by atoms with van der Waals surface area (Å²) in [4.78, 5) is 21.2. The van der Waals surface area contributed by atoms with Gasteiger partial charge in [0.25, 0.3) is 5.95 Å². The van der Waals surface area contributed by atoms with Crippen LogP contribution in [0.15, 0.2) is 40.8 Å². The molecule has 1 aromatic carbocycles. The second-order valence-electron chi connectivity index (χ2n) is 3.36. The minimum Gasteiger partial charge on any atom is -0.478 e. The Morgan fingerprint density at radius 2 is 1.61 bits per heavy atom.